The van der Waals surface area contributed by atoms with E-state index in [2.05, 4.69) is 10.2 Å². The molecule has 116 valence electrons. The smallest absolute Gasteiger partial charge is 0.341 e. The molecular formula is C16H10ClFN2O3. The molecule has 3 aromatic rings. The van der Waals surface area contributed by atoms with E-state index in [0.29, 0.717) is 5.89 Å². The normalized spacial score (nSPS) is 10.5. The van der Waals surface area contributed by atoms with Crippen LogP contribution in [0.25, 0.3) is 11.5 Å². The van der Waals surface area contributed by atoms with Crippen molar-refractivity contribution in [3.8, 4) is 11.5 Å². The summed E-state index contributed by atoms with van der Waals surface area (Å²) in [5.41, 5.74) is 0.499. The Balaban J connectivity index is 1.68. The minimum atomic E-state index is -0.857. The quantitative estimate of drug-likeness (QED) is 0.678. The van der Waals surface area contributed by atoms with Crippen molar-refractivity contribution in [2.24, 2.45) is 0 Å². The third-order valence-electron chi connectivity index (χ3n) is 2.96. The summed E-state index contributed by atoms with van der Waals surface area (Å²) in [6.07, 6.45) is 0. The standard InChI is InChI=1S/C16H10ClFN2O3/c17-11-6-7-13(18)12(8-11)16(21)22-9-14-19-20-15(23-14)10-4-2-1-3-5-10/h1-8H,9H2. The second-order valence-electron chi connectivity index (χ2n) is 4.57. The maximum Gasteiger partial charge on any atom is 0.341 e. The predicted octanol–water partition coefficient (Wildman–Crippen LogP) is 3.89. The molecule has 0 saturated heterocycles. The van der Waals surface area contributed by atoms with Crippen molar-refractivity contribution >= 4 is 17.6 Å². The van der Waals surface area contributed by atoms with Gasteiger partial charge in [-0.1, -0.05) is 29.8 Å². The third kappa shape index (κ3) is 3.54. The van der Waals surface area contributed by atoms with Crippen LogP contribution in [0.5, 0.6) is 0 Å². The molecule has 0 unspecified atom stereocenters. The zero-order chi connectivity index (χ0) is 16.2. The van der Waals surface area contributed by atoms with Crippen molar-refractivity contribution in [3.05, 3.63) is 70.8 Å². The van der Waals surface area contributed by atoms with Gasteiger partial charge in [0.25, 0.3) is 5.89 Å². The first kappa shape index (κ1) is 15.2. The van der Waals surface area contributed by atoms with Crippen LogP contribution in [0.3, 0.4) is 0 Å². The number of hydrogen-bond donors (Lipinski definition) is 0. The van der Waals surface area contributed by atoms with E-state index in [9.17, 15) is 9.18 Å². The number of carbonyl (C=O) groups excluding carboxylic acids is 1. The SMILES string of the molecule is O=C(OCc1nnc(-c2ccccc2)o1)c1cc(Cl)ccc1F. The Morgan fingerprint density at radius 1 is 1.17 bits per heavy atom. The molecular weight excluding hydrogens is 323 g/mol. The average Bonchev–Trinajstić information content (AvgIpc) is 3.05. The molecule has 0 radical (unpaired) electrons. The van der Waals surface area contributed by atoms with Crippen LogP contribution in [-0.4, -0.2) is 16.2 Å². The van der Waals surface area contributed by atoms with Crippen LogP contribution in [0.15, 0.2) is 52.9 Å². The van der Waals surface area contributed by atoms with Crippen LogP contribution >= 0.6 is 11.6 Å². The maximum absolute atomic E-state index is 13.6. The summed E-state index contributed by atoms with van der Waals surface area (Å²) >= 11 is 5.73. The zero-order valence-corrected chi connectivity index (χ0v) is 12.5. The van der Waals surface area contributed by atoms with Crippen molar-refractivity contribution in [1.29, 1.82) is 0 Å². The summed E-state index contributed by atoms with van der Waals surface area (Å²) in [6.45, 7) is -0.259. The second kappa shape index (κ2) is 6.58. The number of aromatic nitrogens is 2. The molecule has 0 aliphatic heterocycles. The number of hydrogen-bond acceptors (Lipinski definition) is 5. The number of halogens is 2. The van der Waals surface area contributed by atoms with Crippen LogP contribution in [0.1, 0.15) is 16.2 Å². The maximum atomic E-state index is 13.6. The van der Waals surface area contributed by atoms with Gasteiger partial charge in [0.15, 0.2) is 6.61 Å². The molecule has 0 aliphatic rings. The van der Waals surface area contributed by atoms with Gasteiger partial charge in [-0.15, -0.1) is 10.2 Å². The van der Waals surface area contributed by atoms with E-state index in [0.717, 1.165) is 11.6 Å². The summed E-state index contributed by atoms with van der Waals surface area (Å²) in [6, 6.07) is 12.8. The molecule has 0 bridgehead atoms. The van der Waals surface area contributed by atoms with Gasteiger partial charge in [0.2, 0.25) is 5.89 Å². The Morgan fingerprint density at radius 2 is 1.96 bits per heavy atom. The minimum Gasteiger partial charge on any atom is -0.452 e. The van der Waals surface area contributed by atoms with E-state index in [1.165, 1.54) is 12.1 Å². The van der Waals surface area contributed by atoms with E-state index < -0.39 is 11.8 Å². The molecule has 0 amide bonds. The molecule has 1 heterocycles. The largest absolute Gasteiger partial charge is 0.452 e. The summed E-state index contributed by atoms with van der Waals surface area (Å²) < 4.78 is 23.9. The number of benzene rings is 2. The van der Waals surface area contributed by atoms with Crippen molar-refractivity contribution in [3.63, 3.8) is 0 Å². The lowest BCUT2D eigenvalue weighted by Crippen LogP contribution is -2.07. The molecule has 1 aromatic heterocycles. The molecule has 0 fully saturated rings. The third-order valence-corrected chi connectivity index (χ3v) is 3.20. The lowest BCUT2D eigenvalue weighted by atomic mass is 10.2. The molecule has 0 atom stereocenters. The second-order valence-corrected chi connectivity index (χ2v) is 5.00. The predicted molar refractivity (Wildman–Crippen MR) is 80.3 cm³/mol. The molecule has 3 rings (SSSR count). The summed E-state index contributed by atoms with van der Waals surface area (Å²) in [5.74, 6) is -1.15. The fourth-order valence-corrected chi connectivity index (χ4v) is 2.04. The highest BCUT2D eigenvalue weighted by molar-refractivity contribution is 6.30. The lowest BCUT2D eigenvalue weighted by molar-refractivity contribution is 0.0433. The Labute approximate surface area is 135 Å². The van der Waals surface area contributed by atoms with E-state index in [1.807, 2.05) is 30.3 Å². The number of carbonyl (C=O) groups is 1. The highest BCUT2D eigenvalue weighted by Crippen LogP contribution is 2.19. The first-order valence-electron chi connectivity index (χ1n) is 6.63. The van der Waals surface area contributed by atoms with Gasteiger partial charge in [0.1, 0.15) is 5.82 Å². The van der Waals surface area contributed by atoms with E-state index in [1.54, 1.807) is 0 Å². The molecule has 0 spiro atoms. The van der Waals surface area contributed by atoms with Gasteiger partial charge in [0, 0.05) is 10.6 Å². The molecule has 0 saturated carbocycles. The van der Waals surface area contributed by atoms with Gasteiger partial charge >= 0.3 is 5.97 Å². The fourth-order valence-electron chi connectivity index (χ4n) is 1.87. The lowest BCUT2D eigenvalue weighted by Gasteiger charge is -2.03. The molecule has 7 heteroatoms. The Kier molecular flexibility index (Phi) is 4.34. The highest BCUT2D eigenvalue weighted by atomic mass is 35.5. The van der Waals surface area contributed by atoms with Gasteiger partial charge in [-0.3, -0.25) is 0 Å². The average molecular weight is 333 g/mol. The molecule has 23 heavy (non-hydrogen) atoms. The van der Waals surface area contributed by atoms with Gasteiger partial charge in [-0.25, -0.2) is 9.18 Å². The van der Waals surface area contributed by atoms with Crippen LogP contribution in [0.2, 0.25) is 5.02 Å². The van der Waals surface area contributed by atoms with Crippen molar-refractivity contribution < 1.29 is 18.3 Å². The zero-order valence-electron chi connectivity index (χ0n) is 11.7. The summed E-state index contributed by atoms with van der Waals surface area (Å²) in [4.78, 5) is 11.9. The van der Waals surface area contributed by atoms with Crippen LogP contribution < -0.4 is 0 Å². The van der Waals surface area contributed by atoms with Crippen molar-refractivity contribution in [1.82, 2.24) is 10.2 Å². The topological polar surface area (TPSA) is 65.2 Å². The summed E-state index contributed by atoms with van der Waals surface area (Å²) in [7, 11) is 0. The van der Waals surface area contributed by atoms with Gasteiger partial charge in [0.05, 0.1) is 5.56 Å². The molecule has 2 aromatic carbocycles. The van der Waals surface area contributed by atoms with Crippen molar-refractivity contribution in [2.45, 2.75) is 6.61 Å². The Hall–Kier alpha value is -2.73. The van der Waals surface area contributed by atoms with Crippen LogP contribution in [-0.2, 0) is 11.3 Å². The monoisotopic (exact) mass is 332 g/mol. The molecule has 0 N–H and O–H groups in total. The van der Waals surface area contributed by atoms with Gasteiger partial charge < -0.3 is 9.15 Å². The van der Waals surface area contributed by atoms with Crippen molar-refractivity contribution in [2.75, 3.05) is 0 Å². The fraction of sp³-hybridized carbons (Fsp3) is 0.0625. The molecule has 5 nitrogen and oxygen atoms in total. The van der Waals surface area contributed by atoms with E-state index >= 15 is 0 Å². The van der Waals surface area contributed by atoms with Crippen LogP contribution in [0.4, 0.5) is 4.39 Å². The highest BCUT2D eigenvalue weighted by Gasteiger charge is 2.16. The van der Waals surface area contributed by atoms with Crippen LogP contribution in [0, 0.1) is 5.82 Å². The summed E-state index contributed by atoms with van der Waals surface area (Å²) in [5, 5.41) is 7.89. The first-order chi connectivity index (χ1) is 11.1. The Bertz CT molecular complexity index is 836. The number of nitrogens with zero attached hydrogens (tertiary/aromatic N) is 2. The number of ether oxygens (including phenoxy) is 1. The van der Waals surface area contributed by atoms with E-state index in [4.69, 9.17) is 20.8 Å². The van der Waals surface area contributed by atoms with Gasteiger partial charge in [-0.2, -0.15) is 0 Å². The first-order valence-corrected chi connectivity index (χ1v) is 7.01. The van der Waals surface area contributed by atoms with E-state index in [-0.39, 0.29) is 23.1 Å². The number of esters is 1. The van der Waals surface area contributed by atoms with Gasteiger partial charge in [-0.05, 0) is 30.3 Å². The Morgan fingerprint density at radius 3 is 2.74 bits per heavy atom. The minimum absolute atomic E-state index is 0.111. The number of rotatable bonds is 4. The molecule has 0 aliphatic carbocycles.